The van der Waals surface area contributed by atoms with E-state index in [0.29, 0.717) is 72.0 Å². The average molecular weight is 704 g/mol. The molecule has 6 aliphatic rings. The summed E-state index contributed by atoms with van der Waals surface area (Å²) >= 11 is 0. The lowest BCUT2D eigenvalue weighted by molar-refractivity contribution is -0.214. The van der Waals surface area contributed by atoms with Crippen molar-refractivity contribution in [2.45, 2.75) is 130 Å². The van der Waals surface area contributed by atoms with E-state index < -0.39 is 0 Å². The Bertz CT molecular complexity index is 1470. The van der Waals surface area contributed by atoms with Crippen LogP contribution in [0.2, 0.25) is 0 Å². The number of rotatable bonds is 8. The van der Waals surface area contributed by atoms with Crippen molar-refractivity contribution in [3.8, 4) is 0 Å². The number of aliphatic hydroxyl groups is 1. The zero-order chi connectivity index (χ0) is 36.2. The molecule has 8 nitrogen and oxygen atoms in total. The minimum atomic E-state index is -0.228. The fourth-order valence-electron chi connectivity index (χ4n) is 13.7. The summed E-state index contributed by atoms with van der Waals surface area (Å²) < 4.78 is 4.87. The molecule has 5 saturated carbocycles. The first-order valence-electron chi connectivity index (χ1n) is 20.5. The third-order valence-corrected chi connectivity index (χ3v) is 16.4. The fourth-order valence-corrected chi connectivity index (χ4v) is 13.7. The smallest absolute Gasteiger partial charge is 0.309 e. The van der Waals surface area contributed by atoms with Gasteiger partial charge in [0.05, 0.1) is 24.5 Å². The van der Waals surface area contributed by atoms with Crippen LogP contribution in [0.15, 0.2) is 24.3 Å². The molecule has 1 aromatic carbocycles. The van der Waals surface area contributed by atoms with E-state index in [1.807, 2.05) is 24.3 Å². The van der Waals surface area contributed by atoms with Crippen molar-refractivity contribution < 1.29 is 24.2 Å². The number of carbonyl (C=O) groups is 3. The Balaban J connectivity index is 0.938. The molecule has 2 amide bonds. The van der Waals surface area contributed by atoms with Crippen LogP contribution in [0.5, 0.6) is 0 Å². The van der Waals surface area contributed by atoms with Gasteiger partial charge in [-0.1, -0.05) is 46.2 Å². The molecule has 11 atom stereocenters. The number of carbonyl (C=O) groups excluding carboxylic acids is 3. The Hall–Kier alpha value is -2.45. The highest BCUT2D eigenvalue weighted by molar-refractivity contribution is 5.94. The number of aliphatic hydroxyl groups excluding tert-OH is 1. The Kier molecular flexibility index (Phi) is 10.2. The minimum Gasteiger partial charge on any atom is -0.469 e. The molecule has 1 aromatic rings. The van der Waals surface area contributed by atoms with Gasteiger partial charge in [-0.25, -0.2) is 0 Å². The molecule has 0 spiro atoms. The number of hydrogen-bond acceptors (Lipinski definition) is 6. The van der Waals surface area contributed by atoms with Crippen LogP contribution >= 0.6 is 0 Å². The second-order valence-corrected chi connectivity index (χ2v) is 18.9. The van der Waals surface area contributed by atoms with Crippen LogP contribution in [0.4, 0.5) is 0 Å². The lowest BCUT2D eigenvalue weighted by Crippen LogP contribution is -2.63. The normalized spacial score (nSPS) is 41.2. The molecule has 1 saturated heterocycles. The first-order valence-corrected chi connectivity index (χ1v) is 20.5. The van der Waals surface area contributed by atoms with Gasteiger partial charge in [0.15, 0.2) is 0 Å². The molecular weight excluding hydrogens is 638 g/mol. The first kappa shape index (κ1) is 36.9. The summed E-state index contributed by atoms with van der Waals surface area (Å²) in [5, 5.41) is 20.8. The van der Waals surface area contributed by atoms with Crippen molar-refractivity contribution in [1.29, 1.82) is 0 Å². The van der Waals surface area contributed by atoms with Gasteiger partial charge in [-0.3, -0.25) is 14.4 Å². The predicted octanol–water partition coefficient (Wildman–Crippen LogP) is 6.44. The number of amides is 2. The Labute approximate surface area is 306 Å². The quantitative estimate of drug-likeness (QED) is 0.232. The molecule has 7 rings (SSSR count). The van der Waals surface area contributed by atoms with Crippen LogP contribution in [0.25, 0.3) is 0 Å². The van der Waals surface area contributed by atoms with Crippen molar-refractivity contribution in [3.63, 3.8) is 0 Å². The molecule has 1 heterocycles. The molecule has 0 bridgehead atoms. The van der Waals surface area contributed by atoms with E-state index in [-0.39, 0.29) is 46.7 Å². The number of hydrogen-bond donors (Lipinski definition) is 4. The number of ether oxygens (including phenoxy) is 1. The molecule has 1 aliphatic heterocycles. The number of fused-ring (bicyclic) bond motifs is 7. The van der Waals surface area contributed by atoms with Crippen LogP contribution in [-0.2, 0) is 20.7 Å². The van der Waals surface area contributed by atoms with Crippen molar-refractivity contribution in [2.75, 3.05) is 26.7 Å². The molecule has 8 heteroatoms. The molecule has 11 unspecified atom stereocenters. The standard InChI is InChI=1S/C43H65N3O5/c1-40(2)34-16-20-41(3)32-15-22-43(19-7-10-33(43)31(32)13-14-35(41)42(34,4)21-17-36(40)47)39(50)44-23-18-27-8-6-9-28(24-27)37(48)46-26-30-12-11-29(25-45-30)38(49)51-5/h6,8-9,24,29-36,45,47H,7,10-23,25-26H2,1-5H3,(H,44,50)(H,46,48). The van der Waals surface area contributed by atoms with E-state index in [1.165, 1.54) is 45.6 Å². The maximum Gasteiger partial charge on any atom is 0.309 e. The van der Waals surface area contributed by atoms with Crippen molar-refractivity contribution in [1.82, 2.24) is 16.0 Å². The molecule has 51 heavy (non-hydrogen) atoms. The Morgan fingerprint density at radius 3 is 2.43 bits per heavy atom. The van der Waals surface area contributed by atoms with Crippen molar-refractivity contribution in [2.24, 2.45) is 57.2 Å². The summed E-state index contributed by atoms with van der Waals surface area (Å²) in [5.41, 5.74) is 2.07. The third-order valence-electron chi connectivity index (χ3n) is 16.4. The lowest BCUT2D eigenvalue weighted by atomic mass is 9.36. The van der Waals surface area contributed by atoms with Crippen molar-refractivity contribution in [3.05, 3.63) is 35.4 Å². The summed E-state index contributed by atoms with van der Waals surface area (Å²) in [6.45, 7) is 11.6. The van der Waals surface area contributed by atoms with Crippen LogP contribution < -0.4 is 16.0 Å². The lowest BCUT2D eigenvalue weighted by Gasteiger charge is -2.69. The highest BCUT2D eigenvalue weighted by Gasteiger charge is 2.67. The van der Waals surface area contributed by atoms with Gasteiger partial charge in [0, 0.05) is 31.2 Å². The van der Waals surface area contributed by atoms with Gasteiger partial charge in [-0.05, 0) is 147 Å². The maximum atomic E-state index is 14.2. The minimum absolute atomic E-state index is 0.0179. The zero-order valence-electron chi connectivity index (χ0n) is 32.0. The van der Waals surface area contributed by atoms with Crippen LogP contribution in [0, 0.1) is 57.2 Å². The summed E-state index contributed by atoms with van der Waals surface area (Å²) in [6, 6.07) is 7.91. The van der Waals surface area contributed by atoms with E-state index in [4.69, 9.17) is 4.74 Å². The molecule has 5 aliphatic carbocycles. The van der Waals surface area contributed by atoms with E-state index in [9.17, 15) is 19.5 Å². The van der Waals surface area contributed by atoms with Crippen LogP contribution in [-0.4, -0.2) is 61.8 Å². The number of methoxy groups -OCH3 is 1. The number of nitrogens with one attached hydrogen (secondary N) is 3. The van der Waals surface area contributed by atoms with Gasteiger partial charge < -0.3 is 25.8 Å². The van der Waals surface area contributed by atoms with Gasteiger partial charge in [-0.15, -0.1) is 0 Å². The molecule has 4 N–H and O–H groups in total. The molecule has 6 fully saturated rings. The zero-order valence-corrected chi connectivity index (χ0v) is 32.0. The van der Waals surface area contributed by atoms with E-state index in [2.05, 4.69) is 43.6 Å². The van der Waals surface area contributed by atoms with Crippen LogP contribution in [0.1, 0.15) is 127 Å². The Morgan fingerprint density at radius 2 is 1.67 bits per heavy atom. The SMILES string of the molecule is COC(=O)C1CCC(CNC(=O)c2cccc(CCNC(=O)C34CCCC3C3CCC5C(C)(CCC6C(C)(C)C(O)CCC65C)C3CC4)c2)NC1. The van der Waals surface area contributed by atoms with Gasteiger partial charge in [0.1, 0.15) is 0 Å². The predicted molar refractivity (Wildman–Crippen MR) is 199 cm³/mol. The van der Waals surface area contributed by atoms with E-state index in [0.717, 1.165) is 50.5 Å². The van der Waals surface area contributed by atoms with Gasteiger partial charge in [-0.2, -0.15) is 0 Å². The van der Waals surface area contributed by atoms with Crippen LogP contribution in [0.3, 0.4) is 0 Å². The third kappa shape index (κ3) is 6.36. The second kappa shape index (κ2) is 14.1. The highest BCUT2D eigenvalue weighted by Crippen LogP contribution is 2.73. The van der Waals surface area contributed by atoms with Gasteiger partial charge >= 0.3 is 5.97 Å². The largest absolute Gasteiger partial charge is 0.469 e. The molecule has 0 aromatic heterocycles. The van der Waals surface area contributed by atoms with E-state index >= 15 is 0 Å². The summed E-state index contributed by atoms with van der Waals surface area (Å²) in [4.78, 5) is 39.1. The monoisotopic (exact) mass is 703 g/mol. The first-order chi connectivity index (χ1) is 24.3. The summed E-state index contributed by atoms with van der Waals surface area (Å²) in [5.74, 6) is 3.01. The maximum absolute atomic E-state index is 14.2. The van der Waals surface area contributed by atoms with Crippen molar-refractivity contribution >= 4 is 17.8 Å². The van der Waals surface area contributed by atoms with Gasteiger partial charge in [0.25, 0.3) is 5.91 Å². The molecular formula is C43H65N3O5. The second-order valence-electron chi connectivity index (χ2n) is 18.9. The van der Waals surface area contributed by atoms with E-state index in [1.54, 1.807) is 0 Å². The Morgan fingerprint density at radius 1 is 0.863 bits per heavy atom. The highest BCUT2D eigenvalue weighted by atomic mass is 16.5. The molecule has 0 radical (unpaired) electrons. The fraction of sp³-hybridized carbons (Fsp3) is 0.791. The number of piperidine rings is 1. The topological polar surface area (TPSA) is 117 Å². The number of benzene rings is 1. The summed E-state index contributed by atoms with van der Waals surface area (Å²) in [6.07, 6.45) is 14.8. The van der Waals surface area contributed by atoms with Gasteiger partial charge in [0.2, 0.25) is 5.91 Å². The average Bonchev–Trinajstić information content (AvgIpc) is 3.58. The number of esters is 1. The molecule has 282 valence electrons. The summed E-state index contributed by atoms with van der Waals surface area (Å²) in [7, 11) is 1.42.